The maximum atomic E-state index is 12.8. The van der Waals surface area contributed by atoms with Crippen LogP contribution in [0.1, 0.15) is 33.1 Å². The monoisotopic (exact) mass is 588 g/mol. The van der Waals surface area contributed by atoms with E-state index in [9.17, 15) is 14.4 Å². The Hall–Kier alpha value is -4.88. The van der Waals surface area contributed by atoms with E-state index in [0.717, 1.165) is 11.4 Å². The first-order chi connectivity index (χ1) is 20.8. The largest absolute Gasteiger partial charge is 0.468 e. The van der Waals surface area contributed by atoms with Gasteiger partial charge in [-0.1, -0.05) is 18.2 Å². The SMILES string of the molecule is COC(=O)[C@H](Cc1cn(C(=O)c2ccccc2)cn1)NCc1cc(N(C)C)cc(CN[C@@H](Cc2cnc[nH]2)C(=O)OC)n1. The minimum absolute atomic E-state index is 0.206. The van der Waals surface area contributed by atoms with E-state index in [1.807, 2.05) is 37.2 Å². The van der Waals surface area contributed by atoms with Crippen molar-refractivity contribution in [1.29, 1.82) is 0 Å². The summed E-state index contributed by atoms with van der Waals surface area (Å²) in [5, 5.41) is 6.46. The zero-order chi connectivity index (χ0) is 30.8. The van der Waals surface area contributed by atoms with Gasteiger partial charge in [-0.05, 0) is 24.3 Å². The maximum Gasteiger partial charge on any atom is 0.323 e. The number of carbonyl (C=O) groups is 3. The number of anilines is 1. The minimum atomic E-state index is -0.732. The number of hydrogen-bond acceptors (Lipinski definition) is 11. The van der Waals surface area contributed by atoms with Gasteiger partial charge in [0.1, 0.15) is 18.4 Å². The lowest BCUT2D eigenvalue weighted by Crippen LogP contribution is -2.40. The van der Waals surface area contributed by atoms with Gasteiger partial charge in [-0.25, -0.2) is 9.97 Å². The highest BCUT2D eigenvalue weighted by molar-refractivity contribution is 5.95. The number of hydrogen-bond donors (Lipinski definition) is 3. The lowest BCUT2D eigenvalue weighted by molar-refractivity contribution is -0.144. The second kappa shape index (κ2) is 14.8. The molecule has 3 N–H and O–H groups in total. The van der Waals surface area contributed by atoms with E-state index in [2.05, 4.69) is 25.6 Å². The number of pyridine rings is 1. The summed E-state index contributed by atoms with van der Waals surface area (Å²) in [7, 11) is 6.51. The van der Waals surface area contributed by atoms with Crippen molar-refractivity contribution in [3.8, 4) is 0 Å². The third-order valence-electron chi connectivity index (χ3n) is 6.75. The Morgan fingerprint density at radius 2 is 1.56 bits per heavy atom. The number of imidazole rings is 2. The number of carbonyl (C=O) groups excluding carboxylic acids is 3. The smallest absolute Gasteiger partial charge is 0.323 e. The Labute approximate surface area is 249 Å². The molecular weight excluding hydrogens is 552 g/mol. The molecule has 0 aliphatic rings. The number of esters is 2. The fraction of sp³-hybridized carbons (Fsp3) is 0.333. The van der Waals surface area contributed by atoms with Crippen LogP contribution in [-0.2, 0) is 45.0 Å². The standard InChI is InChI=1S/C30H36N8O5/c1-37(2)25-10-22(15-32-26(29(40)42-3)12-21-14-31-18-34-21)36-23(11-25)16-33-27(30(41)43-4)13-24-17-38(19-35-24)28(39)20-8-6-5-7-9-20/h5-11,14,17-19,26-27,32-33H,12-13,15-16H2,1-4H3,(H,31,34)/t26-,27-/m0/s1. The van der Waals surface area contributed by atoms with E-state index >= 15 is 0 Å². The van der Waals surface area contributed by atoms with Gasteiger partial charge in [0.2, 0.25) is 0 Å². The second-order valence-electron chi connectivity index (χ2n) is 10.0. The molecule has 2 atom stereocenters. The molecule has 4 aromatic rings. The lowest BCUT2D eigenvalue weighted by Gasteiger charge is -2.19. The van der Waals surface area contributed by atoms with E-state index < -0.39 is 24.0 Å². The first-order valence-electron chi connectivity index (χ1n) is 13.7. The molecule has 0 bridgehead atoms. The maximum absolute atomic E-state index is 12.8. The highest BCUT2D eigenvalue weighted by atomic mass is 16.5. The van der Waals surface area contributed by atoms with Crippen LogP contribution in [-0.4, -0.2) is 82.7 Å². The highest BCUT2D eigenvalue weighted by Gasteiger charge is 2.23. The van der Waals surface area contributed by atoms with E-state index in [1.54, 1.807) is 43.0 Å². The number of nitrogens with zero attached hydrogens (tertiary/aromatic N) is 5. The molecule has 0 fully saturated rings. The molecule has 0 saturated carbocycles. The average Bonchev–Trinajstić information content (AvgIpc) is 3.73. The normalized spacial score (nSPS) is 12.4. The third kappa shape index (κ3) is 8.56. The number of aromatic amines is 1. The average molecular weight is 589 g/mol. The Balaban J connectivity index is 1.45. The molecule has 0 radical (unpaired) electrons. The molecule has 0 aliphatic carbocycles. The number of methoxy groups -OCH3 is 2. The van der Waals surface area contributed by atoms with Crippen LogP contribution in [0.4, 0.5) is 5.69 Å². The van der Waals surface area contributed by atoms with Crippen molar-refractivity contribution >= 4 is 23.5 Å². The molecule has 0 saturated heterocycles. The van der Waals surface area contributed by atoms with Crippen molar-refractivity contribution in [2.75, 3.05) is 33.2 Å². The topological polar surface area (TPSA) is 156 Å². The van der Waals surface area contributed by atoms with Gasteiger partial charge in [0.25, 0.3) is 5.91 Å². The van der Waals surface area contributed by atoms with Crippen molar-refractivity contribution in [3.63, 3.8) is 0 Å². The van der Waals surface area contributed by atoms with Crippen molar-refractivity contribution in [2.45, 2.75) is 38.0 Å². The van der Waals surface area contributed by atoms with Gasteiger partial charge >= 0.3 is 11.9 Å². The van der Waals surface area contributed by atoms with Crippen LogP contribution in [0.2, 0.25) is 0 Å². The lowest BCUT2D eigenvalue weighted by atomic mass is 10.1. The molecule has 226 valence electrons. The van der Waals surface area contributed by atoms with Crippen LogP contribution in [0.5, 0.6) is 0 Å². The van der Waals surface area contributed by atoms with E-state index in [-0.39, 0.29) is 18.9 Å². The van der Waals surface area contributed by atoms with Gasteiger partial charge in [0.05, 0.1) is 37.6 Å². The van der Waals surface area contributed by atoms with Gasteiger partial charge < -0.3 is 19.4 Å². The Bertz CT molecular complexity index is 1500. The first kappa shape index (κ1) is 31.1. The molecule has 0 unspecified atom stereocenters. The molecule has 3 aromatic heterocycles. The second-order valence-corrected chi connectivity index (χ2v) is 10.0. The van der Waals surface area contributed by atoms with Crippen molar-refractivity contribution in [1.82, 2.24) is 35.1 Å². The predicted molar refractivity (Wildman–Crippen MR) is 158 cm³/mol. The highest BCUT2D eigenvalue weighted by Crippen LogP contribution is 2.16. The molecular formula is C30H36N8O5. The summed E-state index contributed by atoms with van der Waals surface area (Å²) in [6.07, 6.45) is 6.86. The number of rotatable bonds is 14. The van der Waals surface area contributed by atoms with Crippen LogP contribution >= 0.6 is 0 Å². The van der Waals surface area contributed by atoms with Gasteiger partial charge in [-0.15, -0.1) is 0 Å². The molecule has 43 heavy (non-hydrogen) atoms. The van der Waals surface area contributed by atoms with Gasteiger partial charge in [-0.2, -0.15) is 0 Å². The minimum Gasteiger partial charge on any atom is -0.468 e. The zero-order valence-corrected chi connectivity index (χ0v) is 24.6. The molecule has 1 aromatic carbocycles. The quantitative estimate of drug-likeness (QED) is 0.184. The molecule has 13 nitrogen and oxygen atoms in total. The first-order valence-corrected chi connectivity index (χ1v) is 13.7. The molecule has 0 spiro atoms. The predicted octanol–water partition coefficient (Wildman–Crippen LogP) is 1.50. The number of H-pyrrole nitrogens is 1. The van der Waals surface area contributed by atoms with Crippen molar-refractivity contribution in [2.24, 2.45) is 0 Å². The van der Waals surface area contributed by atoms with E-state index in [0.29, 0.717) is 35.6 Å². The van der Waals surface area contributed by atoms with Gasteiger partial charge in [-0.3, -0.25) is 34.6 Å². The van der Waals surface area contributed by atoms with Crippen LogP contribution in [0.3, 0.4) is 0 Å². The van der Waals surface area contributed by atoms with E-state index in [4.69, 9.17) is 14.5 Å². The number of nitrogens with one attached hydrogen (secondary N) is 3. The van der Waals surface area contributed by atoms with Crippen molar-refractivity contribution < 1.29 is 23.9 Å². The summed E-state index contributed by atoms with van der Waals surface area (Å²) >= 11 is 0. The summed E-state index contributed by atoms with van der Waals surface area (Å²) in [5.41, 5.74) is 4.17. The Kier molecular flexibility index (Phi) is 10.7. The summed E-state index contributed by atoms with van der Waals surface area (Å²) in [6, 6.07) is 11.4. The van der Waals surface area contributed by atoms with Crippen LogP contribution in [0.15, 0.2) is 67.5 Å². The number of aromatic nitrogens is 5. The summed E-state index contributed by atoms with van der Waals surface area (Å²) in [5.74, 6) is -1.07. The van der Waals surface area contributed by atoms with Gasteiger partial charge in [0.15, 0.2) is 0 Å². The molecule has 3 heterocycles. The third-order valence-corrected chi connectivity index (χ3v) is 6.75. The van der Waals surface area contributed by atoms with Crippen LogP contribution in [0, 0.1) is 0 Å². The zero-order valence-electron chi connectivity index (χ0n) is 24.6. The van der Waals surface area contributed by atoms with Gasteiger partial charge in [0, 0.05) is 69.4 Å². The summed E-state index contributed by atoms with van der Waals surface area (Å²) < 4.78 is 11.4. The van der Waals surface area contributed by atoms with E-state index in [1.165, 1.54) is 25.1 Å². The fourth-order valence-corrected chi connectivity index (χ4v) is 4.42. The Morgan fingerprint density at radius 1 is 0.930 bits per heavy atom. The van der Waals surface area contributed by atoms with Crippen LogP contribution < -0.4 is 15.5 Å². The molecule has 13 heteroatoms. The molecule has 0 aliphatic heterocycles. The summed E-state index contributed by atoms with van der Waals surface area (Å²) in [4.78, 5) is 55.9. The number of ether oxygens (including phenoxy) is 2. The molecule has 0 amide bonds. The fourth-order valence-electron chi connectivity index (χ4n) is 4.42. The molecule has 4 rings (SSSR count). The summed E-state index contributed by atoms with van der Waals surface area (Å²) in [6.45, 7) is 0.558. The number of benzene rings is 1. The Morgan fingerprint density at radius 3 is 2.12 bits per heavy atom. The van der Waals surface area contributed by atoms with Crippen molar-refractivity contribution in [3.05, 3.63) is 95.9 Å². The van der Waals surface area contributed by atoms with Crippen LogP contribution in [0.25, 0.3) is 0 Å².